The molecule has 25 heavy (non-hydrogen) atoms. The van der Waals surface area contributed by atoms with Crippen LogP contribution in [0.15, 0.2) is 0 Å². The summed E-state index contributed by atoms with van der Waals surface area (Å²) in [6, 6.07) is 0. The largest absolute Gasteiger partial charge is 0.325 e. The van der Waals surface area contributed by atoms with E-state index in [-0.39, 0.29) is 5.54 Å². The second kappa shape index (κ2) is 17.4. The lowest BCUT2D eigenvalue weighted by Crippen LogP contribution is -2.39. The smallest absolute Gasteiger partial charge is 0.0123 e. The van der Waals surface area contributed by atoms with Gasteiger partial charge in [-0.15, -0.1) is 0 Å². The molecule has 0 aliphatic carbocycles. The van der Waals surface area contributed by atoms with Crippen LogP contribution in [0.3, 0.4) is 0 Å². The lowest BCUT2D eigenvalue weighted by atomic mass is 9.86. The van der Waals surface area contributed by atoms with Crippen molar-refractivity contribution in [1.29, 1.82) is 0 Å². The third kappa shape index (κ3) is 18.5. The summed E-state index contributed by atoms with van der Waals surface area (Å²) in [6.45, 7) is 8.91. The summed E-state index contributed by atoms with van der Waals surface area (Å²) in [5.41, 5.74) is 6.15. The second-order valence-electron chi connectivity index (χ2n) is 9.17. The molecule has 0 heterocycles. The fraction of sp³-hybridized carbons (Fsp3) is 1.00. The predicted octanol–water partition coefficient (Wildman–Crippen LogP) is 8.40. The first-order valence-corrected chi connectivity index (χ1v) is 11.8. The van der Waals surface area contributed by atoms with Gasteiger partial charge in [-0.05, 0) is 26.2 Å². The maximum absolute atomic E-state index is 6.15. The molecule has 0 saturated heterocycles. The van der Waals surface area contributed by atoms with Crippen LogP contribution in [-0.2, 0) is 0 Å². The van der Waals surface area contributed by atoms with Gasteiger partial charge >= 0.3 is 0 Å². The van der Waals surface area contributed by atoms with Crippen molar-refractivity contribution in [1.82, 2.24) is 0 Å². The number of unbranched alkanes of at least 4 members (excludes halogenated alkanes) is 16. The Morgan fingerprint density at radius 2 is 0.840 bits per heavy atom. The highest BCUT2D eigenvalue weighted by molar-refractivity contribution is 4.78. The zero-order chi connectivity index (χ0) is 18.8. The summed E-state index contributed by atoms with van der Waals surface area (Å²) in [4.78, 5) is 0. The molecule has 0 aromatic rings. The Bertz CT molecular complexity index is 253. The topological polar surface area (TPSA) is 26.0 Å². The monoisotopic (exact) mass is 353 g/mol. The van der Waals surface area contributed by atoms with Crippen molar-refractivity contribution in [2.75, 3.05) is 0 Å². The zero-order valence-corrected chi connectivity index (χ0v) is 18.4. The maximum Gasteiger partial charge on any atom is 0.0123 e. The third-order valence-electron chi connectivity index (χ3n) is 6.01. The zero-order valence-electron chi connectivity index (χ0n) is 18.4. The Hall–Kier alpha value is -0.0400. The fourth-order valence-corrected chi connectivity index (χ4v) is 3.55. The molecule has 0 aliphatic rings. The highest BCUT2D eigenvalue weighted by atomic mass is 14.7. The molecule has 0 amide bonds. The average molecular weight is 354 g/mol. The second-order valence-corrected chi connectivity index (χ2v) is 9.17. The number of hydrogen-bond acceptors (Lipinski definition) is 1. The molecule has 0 radical (unpaired) electrons. The fourth-order valence-electron chi connectivity index (χ4n) is 3.55. The van der Waals surface area contributed by atoms with Crippen LogP contribution < -0.4 is 5.73 Å². The normalized spacial score (nSPS) is 13.3. The van der Waals surface area contributed by atoms with E-state index in [0.717, 1.165) is 0 Å². The van der Waals surface area contributed by atoms with Crippen molar-refractivity contribution in [3.8, 4) is 0 Å². The molecule has 2 N–H and O–H groups in total. The van der Waals surface area contributed by atoms with Crippen molar-refractivity contribution in [3.05, 3.63) is 0 Å². The Balaban J connectivity index is 3.10. The van der Waals surface area contributed by atoms with E-state index in [1.165, 1.54) is 116 Å². The summed E-state index contributed by atoms with van der Waals surface area (Å²) < 4.78 is 0. The van der Waals surface area contributed by atoms with E-state index in [9.17, 15) is 0 Å². The van der Waals surface area contributed by atoms with Crippen molar-refractivity contribution < 1.29 is 0 Å². The molecule has 0 fully saturated rings. The highest BCUT2D eigenvalue weighted by Crippen LogP contribution is 2.20. The summed E-state index contributed by atoms with van der Waals surface area (Å²) in [7, 11) is 0. The van der Waals surface area contributed by atoms with Crippen LogP contribution in [0.5, 0.6) is 0 Å². The quantitative estimate of drug-likeness (QED) is 0.232. The third-order valence-corrected chi connectivity index (χ3v) is 6.01. The molecular formula is C24H51N. The van der Waals surface area contributed by atoms with E-state index in [4.69, 9.17) is 5.73 Å². The van der Waals surface area contributed by atoms with Gasteiger partial charge in [0.05, 0.1) is 0 Å². The molecule has 0 rings (SSSR count). The van der Waals surface area contributed by atoms with Crippen LogP contribution in [0.4, 0.5) is 0 Å². The summed E-state index contributed by atoms with van der Waals surface area (Å²) in [6.07, 6.45) is 25.9. The molecule has 1 unspecified atom stereocenters. The lowest BCUT2D eigenvalue weighted by molar-refractivity contribution is 0.316. The van der Waals surface area contributed by atoms with Gasteiger partial charge in [0.25, 0.3) is 0 Å². The van der Waals surface area contributed by atoms with E-state index in [0.29, 0.717) is 5.92 Å². The van der Waals surface area contributed by atoms with Crippen LogP contribution in [0.25, 0.3) is 0 Å². The minimum atomic E-state index is -0.00491. The maximum atomic E-state index is 6.15. The Morgan fingerprint density at radius 3 is 1.12 bits per heavy atom. The van der Waals surface area contributed by atoms with E-state index < -0.39 is 0 Å². The van der Waals surface area contributed by atoms with Gasteiger partial charge < -0.3 is 5.73 Å². The van der Waals surface area contributed by atoms with E-state index in [1.54, 1.807) is 0 Å². The lowest BCUT2D eigenvalue weighted by Gasteiger charge is -2.27. The molecule has 0 aliphatic heterocycles. The SMILES string of the molecule is CCCCCCCCCCCCCCCCCCCC(C)C(C)(C)N. The van der Waals surface area contributed by atoms with Crippen molar-refractivity contribution >= 4 is 0 Å². The average Bonchev–Trinajstić information content (AvgIpc) is 2.56. The Labute approximate surface area is 160 Å². The van der Waals surface area contributed by atoms with Crippen LogP contribution in [-0.4, -0.2) is 5.54 Å². The number of hydrogen-bond donors (Lipinski definition) is 1. The van der Waals surface area contributed by atoms with Crippen molar-refractivity contribution in [2.45, 2.75) is 149 Å². The van der Waals surface area contributed by atoms with Gasteiger partial charge in [0.2, 0.25) is 0 Å². The molecule has 0 saturated carbocycles. The Morgan fingerprint density at radius 1 is 0.560 bits per heavy atom. The van der Waals surface area contributed by atoms with E-state index >= 15 is 0 Å². The molecule has 0 bridgehead atoms. The predicted molar refractivity (Wildman–Crippen MR) is 116 cm³/mol. The number of rotatable bonds is 19. The van der Waals surface area contributed by atoms with Crippen LogP contribution in [0.1, 0.15) is 143 Å². The minimum Gasteiger partial charge on any atom is -0.325 e. The summed E-state index contributed by atoms with van der Waals surface area (Å²) in [5, 5.41) is 0. The molecule has 0 aromatic heterocycles. The van der Waals surface area contributed by atoms with E-state index in [1.807, 2.05) is 0 Å². The van der Waals surface area contributed by atoms with Crippen LogP contribution in [0.2, 0.25) is 0 Å². The first-order valence-electron chi connectivity index (χ1n) is 11.8. The molecule has 1 nitrogen and oxygen atoms in total. The minimum absolute atomic E-state index is 0.00491. The molecule has 1 heteroatoms. The summed E-state index contributed by atoms with van der Waals surface area (Å²) in [5.74, 6) is 0.642. The van der Waals surface area contributed by atoms with Crippen LogP contribution >= 0.6 is 0 Å². The van der Waals surface area contributed by atoms with Crippen molar-refractivity contribution in [3.63, 3.8) is 0 Å². The van der Waals surface area contributed by atoms with Gasteiger partial charge in [0.15, 0.2) is 0 Å². The standard InChI is InChI=1S/C24H51N/c1-5-6-7-8-9-10-11-12-13-14-15-16-17-18-19-20-21-22-23(2)24(3,4)25/h23H,5-22,25H2,1-4H3. The summed E-state index contributed by atoms with van der Waals surface area (Å²) >= 11 is 0. The van der Waals surface area contributed by atoms with Gasteiger partial charge in [-0.1, -0.05) is 123 Å². The van der Waals surface area contributed by atoms with Gasteiger partial charge in [-0.2, -0.15) is 0 Å². The highest BCUT2D eigenvalue weighted by Gasteiger charge is 2.19. The first-order chi connectivity index (χ1) is 12.0. The van der Waals surface area contributed by atoms with Crippen molar-refractivity contribution in [2.24, 2.45) is 11.7 Å². The van der Waals surface area contributed by atoms with Crippen LogP contribution in [0, 0.1) is 5.92 Å². The van der Waals surface area contributed by atoms with Gasteiger partial charge in [-0.25, -0.2) is 0 Å². The van der Waals surface area contributed by atoms with Gasteiger partial charge in [-0.3, -0.25) is 0 Å². The van der Waals surface area contributed by atoms with Gasteiger partial charge in [0.1, 0.15) is 0 Å². The number of nitrogens with two attached hydrogens (primary N) is 1. The first kappa shape index (κ1) is 25.0. The van der Waals surface area contributed by atoms with Gasteiger partial charge in [0, 0.05) is 5.54 Å². The molecule has 1 atom stereocenters. The molecular weight excluding hydrogens is 302 g/mol. The van der Waals surface area contributed by atoms with E-state index in [2.05, 4.69) is 27.7 Å². The Kier molecular flexibility index (Phi) is 17.3. The molecule has 0 spiro atoms. The molecule has 0 aromatic carbocycles. The molecule has 152 valence electrons.